The number of rotatable bonds is 4. The fraction of sp³-hybridized carbons (Fsp3) is 0.320. The molecule has 4 heterocycles. The van der Waals surface area contributed by atoms with E-state index >= 15 is 0 Å². The molecule has 158 valence electrons. The summed E-state index contributed by atoms with van der Waals surface area (Å²) in [6.45, 7) is 1.56. The molecule has 5 rings (SSSR count). The zero-order valence-corrected chi connectivity index (χ0v) is 17.5. The highest BCUT2D eigenvalue weighted by Gasteiger charge is 2.31. The molecule has 1 atom stereocenters. The van der Waals surface area contributed by atoms with E-state index in [9.17, 15) is 4.79 Å². The van der Waals surface area contributed by atoms with E-state index in [-0.39, 0.29) is 11.9 Å². The van der Waals surface area contributed by atoms with Gasteiger partial charge >= 0.3 is 0 Å². The van der Waals surface area contributed by atoms with Crippen molar-refractivity contribution >= 4 is 23.2 Å². The molecule has 2 aromatic heterocycles. The Morgan fingerprint density at radius 2 is 1.74 bits per heavy atom. The number of carbonyl (C=O) groups is 1. The Hall–Kier alpha value is -3.41. The third-order valence-electron chi connectivity index (χ3n) is 6.26. The number of hydrogen-bond acceptors (Lipinski definition) is 5. The van der Waals surface area contributed by atoms with E-state index in [1.165, 1.54) is 5.56 Å². The van der Waals surface area contributed by atoms with Crippen LogP contribution in [0.25, 0.3) is 0 Å². The average molecular weight is 414 g/mol. The summed E-state index contributed by atoms with van der Waals surface area (Å²) in [4.78, 5) is 24.2. The first-order chi connectivity index (χ1) is 15.3. The summed E-state index contributed by atoms with van der Waals surface area (Å²) in [6, 6.07) is 20.0. The van der Waals surface area contributed by atoms with Gasteiger partial charge in [0.05, 0.1) is 0 Å². The van der Waals surface area contributed by atoms with E-state index in [0.29, 0.717) is 5.92 Å². The Labute approximate surface area is 182 Å². The molecule has 1 fully saturated rings. The molecule has 3 aromatic rings. The summed E-state index contributed by atoms with van der Waals surface area (Å²) < 4.78 is 0. The number of benzene rings is 1. The van der Waals surface area contributed by atoms with Crippen LogP contribution in [-0.2, 0) is 11.2 Å². The lowest BCUT2D eigenvalue weighted by Gasteiger charge is -2.36. The molecule has 2 aliphatic heterocycles. The van der Waals surface area contributed by atoms with Crippen molar-refractivity contribution in [3.63, 3.8) is 0 Å². The van der Waals surface area contributed by atoms with E-state index in [1.807, 2.05) is 41.3 Å². The predicted molar refractivity (Wildman–Crippen MR) is 122 cm³/mol. The number of fused-ring (bicyclic) bond motifs is 1. The molecule has 0 bridgehead atoms. The van der Waals surface area contributed by atoms with Crippen LogP contribution in [0.1, 0.15) is 36.4 Å². The second kappa shape index (κ2) is 8.76. The first kappa shape index (κ1) is 19.5. The Balaban J connectivity index is 1.19. The van der Waals surface area contributed by atoms with Crippen molar-refractivity contribution in [1.29, 1.82) is 0 Å². The minimum Gasteiger partial charge on any atom is -0.373 e. The van der Waals surface area contributed by atoms with Crippen molar-refractivity contribution in [3.8, 4) is 0 Å². The number of nitrogens with one attached hydrogen (secondary N) is 2. The molecule has 1 amide bonds. The molecule has 0 radical (unpaired) electrons. The third-order valence-corrected chi connectivity index (χ3v) is 6.26. The first-order valence-corrected chi connectivity index (χ1v) is 11.0. The van der Waals surface area contributed by atoms with Crippen molar-refractivity contribution < 1.29 is 4.79 Å². The van der Waals surface area contributed by atoms with Crippen LogP contribution in [0, 0.1) is 0 Å². The van der Waals surface area contributed by atoms with Gasteiger partial charge in [-0.2, -0.15) is 0 Å². The van der Waals surface area contributed by atoms with Crippen LogP contribution in [0.5, 0.6) is 0 Å². The minimum atomic E-state index is -0.115. The molecular formula is C25H27N5O. The smallest absolute Gasteiger partial charge is 0.245 e. The third kappa shape index (κ3) is 4.38. The Morgan fingerprint density at radius 1 is 0.935 bits per heavy atom. The van der Waals surface area contributed by atoms with Crippen LogP contribution in [0.4, 0.5) is 17.3 Å². The monoisotopic (exact) mass is 413 g/mol. The maximum absolute atomic E-state index is 13.1. The Kier molecular flexibility index (Phi) is 5.52. The van der Waals surface area contributed by atoms with Crippen LogP contribution in [0.2, 0.25) is 0 Å². The second-order valence-electron chi connectivity index (χ2n) is 8.28. The molecule has 6 nitrogen and oxygen atoms in total. The van der Waals surface area contributed by atoms with Crippen LogP contribution in [-0.4, -0.2) is 39.9 Å². The number of pyridine rings is 2. The largest absolute Gasteiger partial charge is 0.373 e. The quantitative estimate of drug-likeness (QED) is 0.665. The van der Waals surface area contributed by atoms with Gasteiger partial charge in [-0.25, -0.2) is 9.97 Å². The van der Waals surface area contributed by atoms with E-state index < -0.39 is 0 Å². The topological polar surface area (TPSA) is 70.2 Å². The number of carbonyl (C=O) groups excluding carboxylic acids is 1. The van der Waals surface area contributed by atoms with Crippen molar-refractivity contribution in [2.24, 2.45) is 0 Å². The lowest BCUT2D eigenvalue weighted by atomic mass is 9.91. The minimum absolute atomic E-state index is 0.115. The number of likely N-dealkylation sites (tertiary alicyclic amines) is 1. The van der Waals surface area contributed by atoms with Gasteiger partial charge in [-0.1, -0.05) is 30.3 Å². The van der Waals surface area contributed by atoms with Crippen LogP contribution >= 0.6 is 0 Å². The molecule has 0 unspecified atom stereocenters. The summed E-state index contributed by atoms with van der Waals surface area (Å²) in [6.07, 6.45) is 5.46. The van der Waals surface area contributed by atoms with E-state index in [1.54, 1.807) is 6.20 Å². The van der Waals surface area contributed by atoms with E-state index in [2.05, 4.69) is 39.9 Å². The van der Waals surface area contributed by atoms with Gasteiger partial charge in [0, 0.05) is 36.6 Å². The molecule has 2 aliphatic rings. The number of aromatic nitrogens is 2. The predicted octanol–water partition coefficient (Wildman–Crippen LogP) is 4.35. The summed E-state index contributed by atoms with van der Waals surface area (Å²) >= 11 is 0. The molecule has 31 heavy (non-hydrogen) atoms. The first-order valence-electron chi connectivity index (χ1n) is 11.0. The molecule has 6 heteroatoms. The van der Waals surface area contributed by atoms with Crippen molar-refractivity contribution in [3.05, 3.63) is 78.1 Å². The number of aryl methyl sites for hydroxylation is 1. The fourth-order valence-electron chi connectivity index (χ4n) is 4.56. The second-order valence-corrected chi connectivity index (χ2v) is 8.28. The normalized spacial score (nSPS) is 18.7. The lowest BCUT2D eigenvalue weighted by molar-refractivity contribution is -0.133. The molecule has 0 spiro atoms. The Bertz CT molecular complexity index is 1050. The van der Waals surface area contributed by atoms with Crippen LogP contribution in [0.3, 0.4) is 0 Å². The van der Waals surface area contributed by atoms with E-state index in [0.717, 1.165) is 61.8 Å². The van der Waals surface area contributed by atoms with Crippen LogP contribution in [0.15, 0.2) is 66.9 Å². The molecular weight excluding hydrogens is 386 g/mol. The van der Waals surface area contributed by atoms with Gasteiger partial charge in [0.25, 0.3) is 0 Å². The molecule has 2 N–H and O–H groups in total. The SMILES string of the molecule is O=C([C@H]1CCc2ccccc2N1)N1CCC(c2cccc(Nc3ccccn3)n2)CC1. The highest BCUT2D eigenvalue weighted by Crippen LogP contribution is 2.30. The average Bonchev–Trinajstić information content (AvgIpc) is 2.84. The number of amides is 1. The lowest BCUT2D eigenvalue weighted by Crippen LogP contribution is -2.47. The summed E-state index contributed by atoms with van der Waals surface area (Å²) in [5, 5.41) is 6.72. The molecule has 0 aliphatic carbocycles. The fourth-order valence-corrected chi connectivity index (χ4v) is 4.56. The van der Waals surface area contributed by atoms with Gasteiger partial charge < -0.3 is 15.5 Å². The van der Waals surface area contributed by atoms with Gasteiger partial charge in [-0.3, -0.25) is 4.79 Å². The van der Waals surface area contributed by atoms with Gasteiger partial charge in [-0.15, -0.1) is 0 Å². The van der Waals surface area contributed by atoms with Gasteiger partial charge in [0.15, 0.2) is 0 Å². The molecule has 1 aromatic carbocycles. The van der Waals surface area contributed by atoms with Gasteiger partial charge in [-0.05, 0) is 61.6 Å². The number of para-hydroxylation sites is 1. The highest BCUT2D eigenvalue weighted by molar-refractivity contribution is 5.85. The highest BCUT2D eigenvalue weighted by atomic mass is 16.2. The van der Waals surface area contributed by atoms with Crippen molar-refractivity contribution in [1.82, 2.24) is 14.9 Å². The zero-order valence-electron chi connectivity index (χ0n) is 17.5. The number of nitrogens with zero attached hydrogens (tertiary/aromatic N) is 3. The van der Waals surface area contributed by atoms with Crippen molar-refractivity contribution in [2.75, 3.05) is 23.7 Å². The number of piperidine rings is 1. The maximum atomic E-state index is 13.1. The molecule has 0 saturated carbocycles. The number of hydrogen-bond donors (Lipinski definition) is 2. The maximum Gasteiger partial charge on any atom is 0.245 e. The van der Waals surface area contributed by atoms with Crippen molar-refractivity contribution in [2.45, 2.75) is 37.6 Å². The Morgan fingerprint density at radius 3 is 2.58 bits per heavy atom. The zero-order chi connectivity index (χ0) is 21.0. The number of anilines is 3. The standard InChI is InChI=1S/C25H27N5O/c31-25(22-12-11-18-6-1-2-7-20(18)27-22)30-16-13-19(14-17-30)21-8-5-10-24(28-21)29-23-9-3-4-15-26-23/h1-10,15,19,22,27H,11-14,16-17H2,(H,26,28,29)/t22-/m1/s1. The summed E-state index contributed by atoms with van der Waals surface area (Å²) in [7, 11) is 0. The summed E-state index contributed by atoms with van der Waals surface area (Å²) in [5.41, 5.74) is 3.48. The van der Waals surface area contributed by atoms with E-state index in [4.69, 9.17) is 4.98 Å². The van der Waals surface area contributed by atoms with Crippen LogP contribution < -0.4 is 10.6 Å². The summed E-state index contributed by atoms with van der Waals surface area (Å²) in [5.74, 6) is 2.19. The van der Waals surface area contributed by atoms with Gasteiger partial charge in [0.2, 0.25) is 5.91 Å². The molecule has 1 saturated heterocycles. The van der Waals surface area contributed by atoms with Gasteiger partial charge in [0.1, 0.15) is 17.7 Å².